The van der Waals surface area contributed by atoms with Crippen molar-refractivity contribution < 1.29 is 14.4 Å². The average Bonchev–Trinajstić information content (AvgIpc) is 2.69. The fraction of sp³-hybridized carbons (Fsp3) is 0.471. The molecule has 1 aliphatic rings. The molecule has 0 unspecified atom stereocenters. The van der Waals surface area contributed by atoms with Crippen LogP contribution in [0.4, 0.5) is 4.79 Å². The van der Waals surface area contributed by atoms with Gasteiger partial charge in [0.1, 0.15) is 12.1 Å². The van der Waals surface area contributed by atoms with E-state index < -0.39 is 11.6 Å². The fourth-order valence-electron chi connectivity index (χ4n) is 2.85. The van der Waals surface area contributed by atoms with Crippen LogP contribution in [0.15, 0.2) is 24.3 Å². The number of carbonyl (C=O) groups is 3. The summed E-state index contributed by atoms with van der Waals surface area (Å²) in [5.74, 6) is -0.497. The molecule has 1 saturated heterocycles. The third kappa shape index (κ3) is 4.26. The van der Waals surface area contributed by atoms with E-state index in [9.17, 15) is 14.4 Å². The van der Waals surface area contributed by atoms with Gasteiger partial charge >= 0.3 is 6.03 Å². The van der Waals surface area contributed by atoms with Crippen molar-refractivity contribution in [3.8, 4) is 0 Å². The Balaban J connectivity index is 1.92. The van der Waals surface area contributed by atoms with Crippen LogP contribution in [0.1, 0.15) is 32.8 Å². The van der Waals surface area contributed by atoms with Crippen LogP contribution >= 0.6 is 11.6 Å². The maximum absolute atomic E-state index is 12.5. The highest BCUT2D eigenvalue weighted by Crippen LogP contribution is 2.24. The molecular formula is C17H22ClN3O3. The molecule has 6 nitrogen and oxygen atoms in total. The highest BCUT2D eigenvalue weighted by atomic mass is 35.5. The van der Waals surface area contributed by atoms with Gasteiger partial charge in [-0.05, 0) is 37.0 Å². The molecule has 2 rings (SSSR count). The molecule has 1 aromatic carbocycles. The lowest BCUT2D eigenvalue weighted by molar-refractivity contribution is -0.135. The molecule has 4 amide bonds. The molecule has 2 N–H and O–H groups in total. The minimum atomic E-state index is -0.943. The van der Waals surface area contributed by atoms with Crippen molar-refractivity contribution >= 4 is 29.4 Å². The Morgan fingerprint density at radius 2 is 1.92 bits per heavy atom. The number of imide groups is 1. The number of halogens is 1. The van der Waals surface area contributed by atoms with Crippen LogP contribution in [0.2, 0.25) is 5.02 Å². The number of nitrogens with one attached hydrogen (secondary N) is 2. The van der Waals surface area contributed by atoms with Gasteiger partial charge in [0.15, 0.2) is 0 Å². The van der Waals surface area contributed by atoms with Crippen molar-refractivity contribution in [1.82, 2.24) is 15.5 Å². The summed E-state index contributed by atoms with van der Waals surface area (Å²) in [5.41, 5.74) is -0.0589. The van der Waals surface area contributed by atoms with Gasteiger partial charge in [-0.2, -0.15) is 0 Å². The Morgan fingerprint density at radius 3 is 2.50 bits per heavy atom. The van der Waals surface area contributed by atoms with E-state index in [-0.39, 0.29) is 24.3 Å². The number of hydrogen-bond acceptors (Lipinski definition) is 3. The number of benzene rings is 1. The zero-order chi connectivity index (χ0) is 17.9. The monoisotopic (exact) mass is 351 g/mol. The second-order valence-electron chi connectivity index (χ2n) is 6.65. The average molecular weight is 352 g/mol. The molecular weight excluding hydrogens is 330 g/mol. The Labute approximate surface area is 146 Å². The molecule has 1 aliphatic heterocycles. The van der Waals surface area contributed by atoms with Crippen LogP contribution in [0.3, 0.4) is 0 Å². The van der Waals surface area contributed by atoms with E-state index >= 15 is 0 Å². The first-order valence-electron chi connectivity index (χ1n) is 7.86. The number of urea groups is 1. The predicted molar refractivity (Wildman–Crippen MR) is 91.4 cm³/mol. The van der Waals surface area contributed by atoms with E-state index in [1.807, 2.05) is 13.8 Å². The smallest absolute Gasteiger partial charge is 0.325 e. The van der Waals surface area contributed by atoms with Gasteiger partial charge < -0.3 is 10.6 Å². The summed E-state index contributed by atoms with van der Waals surface area (Å²) in [7, 11) is 0. The first kappa shape index (κ1) is 18.3. The molecule has 7 heteroatoms. The molecule has 24 heavy (non-hydrogen) atoms. The van der Waals surface area contributed by atoms with Crippen molar-refractivity contribution in [1.29, 1.82) is 0 Å². The van der Waals surface area contributed by atoms with Crippen LogP contribution in [-0.4, -0.2) is 34.8 Å². The maximum Gasteiger partial charge on any atom is 0.325 e. The summed E-state index contributed by atoms with van der Waals surface area (Å²) in [6.45, 7) is 5.67. The molecule has 0 bridgehead atoms. The Hall–Kier alpha value is -2.08. The van der Waals surface area contributed by atoms with Gasteiger partial charge in [0.05, 0.1) is 0 Å². The summed E-state index contributed by atoms with van der Waals surface area (Å²) in [6.07, 6.45) is 0.528. The predicted octanol–water partition coefficient (Wildman–Crippen LogP) is 2.31. The fourth-order valence-corrected chi connectivity index (χ4v) is 2.97. The number of rotatable bonds is 6. The molecule has 1 fully saturated rings. The Kier molecular flexibility index (Phi) is 5.49. The zero-order valence-corrected chi connectivity index (χ0v) is 14.8. The minimum Gasteiger partial charge on any atom is -0.350 e. The van der Waals surface area contributed by atoms with Crippen LogP contribution in [-0.2, 0) is 16.1 Å². The number of carbonyl (C=O) groups excluding carboxylic acids is 3. The third-order valence-electron chi connectivity index (χ3n) is 3.87. The van der Waals surface area contributed by atoms with Gasteiger partial charge in [-0.25, -0.2) is 4.79 Å². The molecule has 0 aliphatic carbocycles. The lowest BCUT2D eigenvalue weighted by atomic mass is 9.91. The van der Waals surface area contributed by atoms with E-state index in [1.54, 1.807) is 31.2 Å². The second kappa shape index (κ2) is 7.21. The summed E-state index contributed by atoms with van der Waals surface area (Å²) in [5, 5.41) is 6.01. The van der Waals surface area contributed by atoms with Crippen molar-refractivity contribution in [2.24, 2.45) is 5.92 Å². The van der Waals surface area contributed by atoms with E-state index in [0.29, 0.717) is 18.0 Å². The molecule has 0 aromatic heterocycles. The van der Waals surface area contributed by atoms with Crippen molar-refractivity contribution in [3.05, 3.63) is 34.9 Å². The molecule has 1 aromatic rings. The summed E-state index contributed by atoms with van der Waals surface area (Å²) in [4.78, 5) is 37.5. The van der Waals surface area contributed by atoms with Crippen molar-refractivity contribution in [2.45, 2.75) is 39.3 Å². The van der Waals surface area contributed by atoms with Gasteiger partial charge in [0.2, 0.25) is 5.91 Å². The quantitative estimate of drug-likeness (QED) is 0.772. The third-order valence-corrected chi connectivity index (χ3v) is 4.12. The van der Waals surface area contributed by atoms with E-state index in [0.717, 1.165) is 10.5 Å². The zero-order valence-electron chi connectivity index (χ0n) is 14.1. The van der Waals surface area contributed by atoms with Gasteiger partial charge in [0.25, 0.3) is 5.91 Å². The molecule has 1 atom stereocenters. The normalized spacial score (nSPS) is 20.5. The van der Waals surface area contributed by atoms with Crippen LogP contribution < -0.4 is 10.6 Å². The largest absolute Gasteiger partial charge is 0.350 e. The maximum atomic E-state index is 12.5. The second-order valence-corrected chi connectivity index (χ2v) is 7.09. The van der Waals surface area contributed by atoms with Gasteiger partial charge in [-0.3, -0.25) is 14.5 Å². The molecule has 0 radical (unpaired) electrons. The van der Waals surface area contributed by atoms with E-state index in [4.69, 9.17) is 11.6 Å². The van der Waals surface area contributed by atoms with Gasteiger partial charge in [0, 0.05) is 11.6 Å². The van der Waals surface area contributed by atoms with E-state index in [1.165, 1.54) is 0 Å². The SMILES string of the molecule is CC(C)C[C@@]1(C)NC(=O)N(CC(=O)NCc2ccc(Cl)cc2)C1=O. The highest BCUT2D eigenvalue weighted by molar-refractivity contribution is 6.30. The molecule has 0 spiro atoms. The number of nitrogens with zero attached hydrogens (tertiary/aromatic N) is 1. The van der Waals surface area contributed by atoms with Crippen LogP contribution in [0.25, 0.3) is 0 Å². The van der Waals surface area contributed by atoms with Crippen molar-refractivity contribution in [2.75, 3.05) is 6.54 Å². The van der Waals surface area contributed by atoms with Crippen LogP contribution in [0.5, 0.6) is 0 Å². The minimum absolute atomic E-state index is 0.248. The molecule has 130 valence electrons. The first-order valence-corrected chi connectivity index (χ1v) is 8.24. The molecule has 0 saturated carbocycles. The standard InChI is InChI=1S/C17H22ClN3O3/c1-11(2)8-17(3)15(23)21(16(24)20-17)10-14(22)19-9-12-4-6-13(18)7-5-12/h4-7,11H,8-10H2,1-3H3,(H,19,22)(H,20,24)/t17-/m1/s1. The lowest BCUT2D eigenvalue weighted by Gasteiger charge is -2.23. The van der Waals surface area contributed by atoms with Crippen LogP contribution in [0, 0.1) is 5.92 Å². The van der Waals surface area contributed by atoms with Crippen molar-refractivity contribution in [3.63, 3.8) is 0 Å². The first-order chi connectivity index (χ1) is 11.2. The van der Waals surface area contributed by atoms with Gasteiger partial charge in [-0.1, -0.05) is 37.6 Å². The summed E-state index contributed by atoms with van der Waals surface area (Å²) < 4.78 is 0. The van der Waals surface area contributed by atoms with E-state index in [2.05, 4.69) is 10.6 Å². The topological polar surface area (TPSA) is 78.5 Å². The highest BCUT2D eigenvalue weighted by Gasteiger charge is 2.48. The Morgan fingerprint density at radius 1 is 1.29 bits per heavy atom. The Bertz CT molecular complexity index is 645. The van der Waals surface area contributed by atoms with Gasteiger partial charge in [-0.15, -0.1) is 0 Å². The number of hydrogen-bond donors (Lipinski definition) is 2. The summed E-state index contributed by atoms with van der Waals surface area (Å²) in [6, 6.07) is 6.55. The lowest BCUT2D eigenvalue weighted by Crippen LogP contribution is -2.46. The number of amides is 4. The summed E-state index contributed by atoms with van der Waals surface area (Å²) >= 11 is 5.81. The molecule has 1 heterocycles.